The second-order valence-electron chi connectivity index (χ2n) is 4.59. The molecule has 0 saturated heterocycles. The molecule has 0 N–H and O–H groups in total. The third kappa shape index (κ3) is 4.29. The van der Waals surface area contributed by atoms with Gasteiger partial charge in [0.05, 0.1) is 6.61 Å². The molecule has 1 aromatic carbocycles. The number of esters is 1. The summed E-state index contributed by atoms with van der Waals surface area (Å²) < 4.78 is 5.18. The van der Waals surface area contributed by atoms with E-state index in [0.29, 0.717) is 11.8 Å². The van der Waals surface area contributed by atoms with Crippen LogP contribution >= 0.6 is 11.8 Å². The molecule has 0 aliphatic carbocycles. The highest BCUT2D eigenvalue weighted by Gasteiger charge is 2.24. The molecule has 110 valence electrons. The average Bonchev–Trinajstić information content (AvgIpc) is 2.45. The Morgan fingerprint density at radius 1 is 1.19 bits per heavy atom. The number of hydrogen-bond acceptors (Lipinski definition) is 5. The van der Waals surface area contributed by atoms with Crippen molar-refractivity contribution < 1.29 is 9.53 Å². The lowest BCUT2D eigenvalue weighted by Gasteiger charge is -2.15. The Kier molecular flexibility index (Phi) is 5.33. The first-order valence-corrected chi connectivity index (χ1v) is 7.68. The summed E-state index contributed by atoms with van der Waals surface area (Å²) >= 11 is 1.32. The van der Waals surface area contributed by atoms with Gasteiger partial charge in [0.2, 0.25) is 0 Å². The Hall–Kier alpha value is -1.88. The maximum atomic E-state index is 12.2. The second kappa shape index (κ2) is 7.22. The Bertz CT molecular complexity index is 597. The summed E-state index contributed by atoms with van der Waals surface area (Å²) in [4.78, 5) is 21.0. The summed E-state index contributed by atoms with van der Waals surface area (Å²) in [5.74, 6) is -0.267. The smallest absolute Gasteiger partial charge is 0.324 e. The van der Waals surface area contributed by atoms with Crippen LogP contribution in [0.3, 0.4) is 0 Å². The van der Waals surface area contributed by atoms with Gasteiger partial charge in [0, 0.05) is 11.4 Å². The predicted octanol–water partition coefficient (Wildman–Crippen LogP) is 3.49. The molecule has 0 aliphatic heterocycles. The van der Waals surface area contributed by atoms with Crippen LogP contribution in [0.4, 0.5) is 0 Å². The number of carbonyl (C=O) groups is 1. The highest BCUT2D eigenvalue weighted by molar-refractivity contribution is 8.00. The van der Waals surface area contributed by atoms with Crippen molar-refractivity contribution in [2.75, 3.05) is 6.61 Å². The maximum absolute atomic E-state index is 12.2. The van der Waals surface area contributed by atoms with Crippen LogP contribution in [0.1, 0.15) is 29.1 Å². The van der Waals surface area contributed by atoms with Crippen LogP contribution in [0, 0.1) is 13.8 Å². The molecule has 1 aromatic heterocycles. The van der Waals surface area contributed by atoms with Crippen molar-refractivity contribution in [3.8, 4) is 0 Å². The molecule has 21 heavy (non-hydrogen) atoms. The number of rotatable bonds is 5. The third-order valence-electron chi connectivity index (χ3n) is 2.79. The van der Waals surface area contributed by atoms with E-state index in [1.165, 1.54) is 11.8 Å². The van der Waals surface area contributed by atoms with Gasteiger partial charge in [0.15, 0.2) is 5.16 Å². The molecule has 0 bridgehead atoms. The predicted molar refractivity (Wildman–Crippen MR) is 83.2 cm³/mol. The second-order valence-corrected chi connectivity index (χ2v) is 5.67. The monoisotopic (exact) mass is 302 g/mol. The number of aryl methyl sites for hydroxylation is 2. The van der Waals surface area contributed by atoms with Gasteiger partial charge in [-0.3, -0.25) is 4.79 Å². The molecule has 2 aromatic rings. The Morgan fingerprint density at radius 2 is 1.81 bits per heavy atom. The summed E-state index contributed by atoms with van der Waals surface area (Å²) in [5.41, 5.74) is 2.67. The number of aromatic nitrogens is 2. The van der Waals surface area contributed by atoms with Crippen LogP contribution in [0.15, 0.2) is 41.6 Å². The fourth-order valence-electron chi connectivity index (χ4n) is 1.95. The van der Waals surface area contributed by atoms with Gasteiger partial charge in [-0.2, -0.15) is 0 Å². The molecule has 0 radical (unpaired) electrons. The topological polar surface area (TPSA) is 52.1 Å². The molecular formula is C16H18N2O2S. The highest BCUT2D eigenvalue weighted by Crippen LogP contribution is 2.34. The average molecular weight is 302 g/mol. The van der Waals surface area contributed by atoms with Crippen LogP contribution < -0.4 is 0 Å². The SMILES string of the molecule is CCOC(=O)[C@H](Sc1nc(C)cc(C)n1)c1ccccc1. The number of benzene rings is 1. The van der Waals surface area contributed by atoms with Gasteiger partial charge in [-0.1, -0.05) is 42.1 Å². The molecule has 0 fully saturated rings. The van der Waals surface area contributed by atoms with Gasteiger partial charge >= 0.3 is 5.97 Å². The standard InChI is InChI=1S/C16H18N2O2S/c1-4-20-15(19)14(13-8-6-5-7-9-13)21-16-17-11(2)10-12(3)18-16/h5-10,14H,4H2,1-3H3/t14-/m1/s1. The Morgan fingerprint density at radius 3 is 2.38 bits per heavy atom. The zero-order chi connectivity index (χ0) is 15.2. The number of hydrogen-bond donors (Lipinski definition) is 0. The van der Waals surface area contributed by atoms with E-state index in [2.05, 4.69) is 9.97 Å². The number of thioether (sulfide) groups is 1. The van der Waals surface area contributed by atoms with E-state index in [4.69, 9.17) is 4.74 Å². The van der Waals surface area contributed by atoms with Crippen molar-refractivity contribution in [1.29, 1.82) is 0 Å². The van der Waals surface area contributed by atoms with E-state index in [1.807, 2.05) is 50.2 Å². The van der Waals surface area contributed by atoms with Gasteiger partial charge in [0.1, 0.15) is 5.25 Å². The van der Waals surface area contributed by atoms with Crippen LogP contribution in [-0.4, -0.2) is 22.5 Å². The molecule has 0 amide bonds. The maximum Gasteiger partial charge on any atom is 0.324 e. The first-order chi connectivity index (χ1) is 10.1. The number of nitrogens with zero attached hydrogens (tertiary/aromatic N) is 2. The summed E-state index contributed by atoms with van der Waals surface area (Å²) in [7, 11) is 0. The first kappa shape index (κ1) is 15.5. The zero-order valence-corrected chi connectivity index (χ0v) is 13.2. The van der Waals surface area contributed by atoms with Crippen LogP contribution in [0.2, 0.25) is 0 Å². The first-order valence-electron chi connectivity index (χ1n) is 6.80. The Labute approximate surface area is 129 Å². The lowest BCUT2D eigenvalue weighted by molar-refractivity contribution is -0.142. The van der Waals surface area contributed by atoms with Crippen LogP contribution in [0.5, 0.6) is 0 Å². The normalized spacial score (nSPS) is 12.0. The van der Waals surface area contributed by atoms with Crippen LogP contribution in [0.25, 0.3) is 0 Å². The van der Waals surface area contributed by atoms with Gasteiger partial charge in [-0.05, 0) is 32.4 Å². The summed E-state index contributed by atoms with van der Waals surface area (Å²) in [6.07, 6.45) is 0. The van der Waals surface area contributed by atoms with Gasteiger partial charge in [-0.25, -0.2) is 9.97 Å². The molecule has 1 heterocycles. The van der Waals surface area contributed by atoms with Crippen molar-refractivity contribution in [1.82, 2.24) is 9.97 Å². The molecule has 1 atom stereocenters. The fraction of sp³-hybridized carbons (Fsp3) is 0.312. The van der Waals surface area contributed by atoms with E-state index in [0.717, 1.165) is 17.0 Å². The molecule has 0 spiro atoms. The van der Waals surface area contributed by atoms with Crippen molar-refractivity contribution in [3.63, 3.8) is 0 Å². The molecule has 4 nitrogen and oxygen atoms in total. The third-order valence-corrected chi connectivity index (χ3v) is 3.88. The molecule has 0 unspecified atom stereocenters. The number of carbonyl (C=O) groups excluding carboxylic acids is 1. The summed E-state index contributed by atoms with van der Waals surface area (Å²) in [6.45, 7) is 6.00. The quantitative estimate of drug-likeness (QED) is 0.481. The molecule has 2 rings (SSSR count). The minimum Gasteiger partial charge on any atom is -0.465 e. The molecule has 5 heteroatoms. The summed E-state index contributed by atoms with van der Waals surface area (Å²) in [6, 6.07) is 11.5. The minimum absolute atomic E-state index is 0.267. The van der Waals surface area contributed by atoms with Crippen LogP contribution in [-0.2, 0) is 9.53 Å². The highest BCUT2D eigenvalue weighted by atomic mass is 32.2. The van der Waals surface area contributed by atoms with Gasteiger partial charge in [-0.15, -0.1) is 0 Å². The van der Waals surface area contributed by atoms with E-state index in [-0.39, 0.29) is 5.97 Å². The summed E-state index contributed by atoms with van der Waals surface area (Å²) in [5, 5.41) is 0.141. The van der Waals surface area contributed by atoms with Crippen molar-refractivity contribution >= 4 is 17.7 Å². The van der Waals surface area contributed by atoms with Crippen molar-refractivity contribution in [2.45, 2.75) is 31.2 Å². The largest absolute Gasteiger partial charge is 0.465 e. The van der Waals surface area contributed by atoms with E-state index >= 15 is 0 Å². The van der Waals surface area contributed by atoms with Crippen molar-refractivity contribution in [2.24, 2.45) is 0 Å². The van der Waals surface area contributed by atoms with Gasteiger partial charge < -0.3 is 4.74 Å². The fourth-order valence-corrected chi connectivity index (χ4v) is 3.01. The van der Waals surface area contributed by atoms with E-state index in [1.54, 1.807) is 6.92 Å². The van der Waals surface area contributed by atoms with E-state index < -0.39 is 5.25 Å². The van der Waals surface area contributed by atoms with Gasteiger partial charge in [0.25, 0.3) is 0 Å². The molecular weight excluding hydrogens is 284 g/mol. The number of ether oxygens (including phenoxy) is 1. The van der Waals surface area contributed by atoms with E-state index in [9.17, 15) is 4.79 Å². The lowest BCUT2D eigenvalue weighted by Crippen LogP contribution is -2.14. The molecule has 0 aliphatic rings. The van der Waals surface area contributed by atoms with Crippen molar-refractivity contribution in [3.05, 3.63) is 53.3 Å². The Balaban J connectivity index is 2.29. The minimum atomic E-state index is -0.452. The molecule has 0 saturated carbocycles. The zero-order valence-electron chi connectivity index (χ0n) is 12.4. The lowest BCUT2D eigenvalue weighted by atomic mass is 10.1.